The molecule has 4 atom stereocenters. The van der Waals surface area contributed by atoms with Gasteiger partial charge in [0.05, 0.1) is 6.54 Å². The molecule has 0 radical (unpaired) electrons. The minimum Gasteiger partial charge on any atom is -0.508 e. The molecule has 0 aliphatic carbocycles. The number of carbonyl (C=O) groups excluding carboxylic acids is 5. The summed E-state index contributed by atoms with van der Waals surface area (Å²) in [5.41, 5.74) is 23.2. The Morgan fingerprint density at radius 1 is 0.623 bits per heavy atom. The number of fused-ring (bicyclic) bond motifs is 1. The van der Waals surface area contributed by atoms with E-state index in [1.165, 1.54) is 12.1 Å². The van der Waals surface area contributed by atoms with Gasteiger partial charge in [-0.05, 0) is 59.7 Å². The lowest BCUT2D eigenvalue weighted by Gasteiger charge is -2.26. The van der Waals surface area contributed by atoms with E-state index < -0.39 is 60.2 Å². The van der Waals surface area contributed by atoms with Crippen molar-refractivity contribution in [1.82, 2.24) is 26.6 Å². The summed E-state index contributed by atoms with van der Waals surface area (Å²) in [6.45, 7) is -0.198. The molecule has 17 nitrogen and oxygen atoms in total. The molecule has 0 aromatic heterocycles. The first kappa shape index (κ1) is 39.4. The second-order valence-corrected chi connectivity index (χ2v) is 12.6. The van der Waals surface area contributed by atoms with Crippen LogP contribution in [0.1, 0.15) is 36.8 Å². The van der Waals surface area contributed by atoms with Crippen LogP contribution in [0.2, 0.25) is 0 Å². The van der Waals surface area contributed by atoms with E-state index in [-0.39, 0.29) is 69.3 Å². The largest absolute Gasteiger partial charge is 0.508 e. The van der Waals surface area contributed by atoms with Crippen LogP contribution in [0.3, 0.4) is 0 Å². The smallest absolute Gasteiger partial charge is 0.243 e. The maximum Gasteiger partial charge on any atom is 0.243 e. The van der Waals surface area contributed by atoms with Crippen molar-refractivity contribution < 1.29 is 29.1 Å². The highest BCUT2D eigenvalue weighted by atomic mass is 16.3. The molecule has 14 N–H and O–H groups in total. The summed E-state index contributed by atoms with van der Waals surface area (Å²) < 4.78 is 0. The number of aliphatic imine (C=N–C) groups is 2. The zero-order valence-corrected chi connectivity index (χ0v) is 29.2. The number of amides is 5. The van der Waals surface area contributed by atoms with Crippen LogP contribution in [0.4, 0.5) is 0 Å². The highest BCUT2D eigenvalue weighted by Gasteiger charge is 2.32. The number of guanidine groups is 2. The maximum atomic E-state index is 14.0. The minimum atomic E-state index is -1.19. The third-order valence-corrected chi connectivity index (χ3v) is 8.54. The topological polar surface area (TPSA) is 295 Å². The Morgan fingerprint density at radius 3 is 1.75 bits per heavy atom. The number of phenols is 1. The Bertz CT molecular complexity index is 1820. The standard InChI is InChI=1S/C36H47N11O6/c37-35(38)41-16-4-10-26-32(51)45-27(11-5-17-42-36(39)40)33(52)47-29(19-23-8-3-7-22-6-1-2-9-25(22)23)31(50)43-20-30(49)44-28(34(53)46-26)18-21-12-14-24(48)15-13-21/h1-3,6-9,12-15,26-29,48H,4-5,10-11,16-20H2,(H,43,50)(H,44,49)(H,45,51)(H,46,53)(H,47,52)(H4,37,38,41)(H4,39,40,42)/t26-,27-,28+,29-/m0/s1. The van der Waals surface area contributed by atoms with E-state index in [9.17, 15) is 29.1 Å². The van der Waals surface area contributed by atoms with E-state index in [4.69, 9.17) is 22.9 Å². The number of hydrogen-bond acceptors (Lipinski definition) is 8. The number of nitrogens with zero attached hydrogens (tertiary/aromatic N) is 2. The highest BCUT2D eigenvalue weighted by Crippen LogP contribution is 2.20. The van der Waals surface area contributed by atoms with Gasteiger partial charge in [0.25, 0.3) is 0 Å². The minimum absolute atomic E-state index is 0.00863. The van der Waals surface area contributed by atoms with Crippen LogP contribution in [-0.2, 0) is 36.8 Å². The van der Waals surface area contributed by atoms with Gasteiger partial charge in [0.2, 0.25) is 29.5 Å². The summed E-state index contributed by atoms with van der Waals surface area (Å²) in [4.78, 5) is 76.6. The Morgan fingerprint density at radius 2 is 1.15 bits per heavy atom. The molecule has 1 fully saturated rings. The lowest BCUT2D eigenvalue weighted by atomic mass is 9.98. The van der Waals surface area contributed by atoms with E-state index >= 15 is 0 Å². The monoisotopic (exact) mass is 729 g/mol. The van der Waals surface area contributed by atoms with Crippen LogP contribution >= 0.6 is 0 Å². The van der Waals surface area contributed by atoms with Gasteiger partial charge in [-0.15, -0.1) is 0 Å². The Kier molecular flexibility index (Phi) is 14.3. The summed E-state index contributed by atoms with van der Waals surface area (Å²) in [5, 5.41) is 25.0. The van der Waals surface area contributed by atoms with Gasteiger partial charge in [-0.2, -0.15) is 0 Å². The van der Waals surface area contributed by atoms with Crippen LogP contribution in [0.5, 0.6) is 5.75 Å². The summed E-state index contributed by atoms with van der Waals surface area (Å²) in [5.74, 6) is -3.66. The highest BCUT2D eigenvalue weighted by molar-refractivity contribution is 5.97. The zero-order chi connectivity index (χ0) is 38.3. The van der Waals surface area contributed by atoms with Crippen LogP contribution < -0.4 is 49.5 Å². The lowest BCUT2D eigenvalue weighted by molar-refractivity contribution is -0.134. The molecular formula is C36H47N11O6. The van der Waals surface area contributed by atoms with Crippen molar-refractivity contribution in [1.29, 1.82) is 0 Å². The molecule has 5 amide bonds. The average molecular weight is 730 g/mol. The van der Waals surface area contributed by atoms with Crippen LogP contribution in [0, 0.1) is 0 Å². The third kappa shape index (κ3) is 12.4. The molecule has 0 saturated carbocycles. The predicted octanol–water partition coefficient (Wildman–Crippen LogP) is -1.49. The summed E-state index contributed by atoms with van der Waals surface area (Å²) in [7, 11) is 0. The van der Waals surface area contributed by atoms with Crippen molar-refractivity contribution in [3.05, 3.63) is 77.9 Å². The quantitative estimate of drug-likeness (QED) is 0.0585. The number of aromatic hydroxyl groups is 1. The van der Waals surface area contributed by atoms with Crippen molar-refractivity contribution in [3.8, 4) is 5.75 Å². The van der Waals surface area contributed by atoms with E-state index in [1.807, 2.05) is 42.5 Å². The first-order chi connectivity index (χ1) is 25.4. The van der Waals surface area contributed by atoms with E-state index in [0.717, 1.165) is 16.3 Å². The SMILES string of the molecule is NC(N)=NCCC[C@@H]1NC(=O)[C@H](CCCN=C(N)N)NC(=O)[C@@H](Cc2ccc(O)cc2)NC(=O)CNC(=O)[C@H](Cc2cccc3ccccc23)NC1=O. The van der Waals surface area contributed by atoms with Crippen molar-refractivity contribution in [2.24, 2.45) is 32.9 Å². The van der Waals surface area contributed by atoms with Gasteiger partial charge in [-0.25, -0.2) is 0 Å². The number of benzene rings is 3. The fourth-order valence-corrected chi connectivity index (χ4v) is 5.87. The Labute approximate surface area is 306 Å². The molecule has 1 aliphatic heterocycles. The fraction of sp³-hybridized carbons (Fsp3) is 0.361. The summed E-state index contributed by atoms with van der Waals surface area (Å²) >= 11 is 0. The van der Waals surface area contributed by atoms with Crippen molar-refractivity contribution in [2.45, 2.75) is 62.7 Å². The number of carbonyl (C=O) groups is 5. The number of rotatable bonds is 12. The van der Waals surface area contributed by atoms with Crippen LogP contribution in [0.15, 0.2) is 76.7 Å². The molecule has 0 bridgehead atoms. The van der Waals surface area contributed by atoms with Gasteiger partial charge in [-0.1, -0.05) is 54.6 Å². The zero-order valence-electron chi connectivity index (χ0n) is 29.2. The molecule has 1 saturated heterocycles. The van der Waals surface area contributed by atoms with Gasteiger partial charge in [-0.3, -0.25) is 34.0 Å². The summed E-state index contributed by atoms with van der Waals surface area (Å²) in [6, 6.07) is 14.6. The van der Waals surface area contributed by atoms with Crippen molar-refractivity contribution in [2.75, 3.05) is 19.6 Å². The number of hydrogen-bond donors (Lipinski definition) is 10. The van der Waals surface area contributed by atoms with Crippen molar-refractivity contribution in [3.63, 3.8) is 0 Å². The molecule has 53 heavy (non-hydrogen) atoms. The van der Waals surface area contributed by atoms with Gasteiger partial charge in [0.15, 0.2) is 11.9 Å². The molecule has 3 aromatic rings. The normalized spacial score (nSPS) is 20.0. The molecule has 3 aromatic carbocycles. The fourth-order valence-electron chi connectivity index (χ4n) is 5.87. The van der Waals surface area contributed by atoms with E-state index in [2.05, 4.69) is 36.6 Å². The second-order valence-electron chi connectivity index (χ2n) is 12.6. The van der Waals surface area contributed by atoms with Crippen LogP contribution in [0.25, 0.3) is 10.8 Å². The van der Waals surface area contributed by atoms with Gasteiger partial charge in [0.1, 0.15) is 29.9 Å². The maximum absolute atomic E-state index is 14.0. The molecule has 0 unspecified atom stereocenters. The molecule has 1 heterocycles. The molecular weight excluding hydrogens is 682 g/mol. The van der Waals surface area contributed by atoms with Crippen molar-refractivity contribution >= 4 is 52.2 Å². The average Bonchev–Trinajstić information content (AvgIpc) is 3.12. The molecule has 282 valence electrons. The molecule has 1 aliphatic rings. The van der Waals surface area contributed by atoms with Gasteiger partial charge >= 0.3 is 0 Å². The number of phenolic OH excluding ortho intramolecular Hbond substituents is 1. The van der Waals surface area contributed by atoms with Gasteiger partial charge in [0, 0.05) is 25.9 Å². The number of nitrogens with two attached hydrogens (primary N) is 4. The lowest BCUT2D eigenvalue weighted by Crippen LogP contribution is -2.58. The second kappa shape index (κ2) is 19.3. The molecule has 17 heteroatoms. The Balaban J connectivity index is 1.70. The predicted molar refractivity (Wildman–Crippen MR) is 200 cm³/mol. The van der Waals surface area contributed by atoms with E-state index in [1.54, 1.807) is 12.1 Å². The first-order valence-electron chi connectivity index (χ1n) is 17.2. The summed E-state index contributed by atoms with van der Waals surface area (Å²) in [6.07, 6.45) is 0.760. The Hall–Kier alpha value is -6.39. The molecule has 0 spiro atoms. The van der Waals surface area contributed by atoms with Crippen LogP contribution in [-0.4, -0.2) is 90.4 Å². The van der Waals surface area contributed by atoms with Gasteiger partial charge < -0.3 is 54.6 Å². The number of nitrogens with one attached hydrogen (secondary N) is 5. The molecule has 4 rings (SSSR count). The van der Waals surface area contributed by atoms with E-state index in [0.29, 0.717) is 5.56 Å². The first-order valence-corrected chi connectivity index (χ1v) is 17.2. The third-order valence-electron chi connectivity index (χ3n) is 8.54.